The molecule has 2 aromatic heterocycles. The molecule has 0 bridgehead atoms. The maximum Gasteiger partial charge on any atom is 0.250 e. The maximum absolute atomic E-state index is 12.4. The van der Waals surface area contributed by atoms with Gasteiger partial charge in [-0.05, 0) is 48.9 Å². The van der Waals surface area contributed by atoms with E-state index < -0.39 is 0 Å². The molecule has 0 aliphatic rings. The fraction of sp³-hybridized carbons (Fsp3) is 0.0870. The molecule has 2 aromatic carbocycles. The van der Waals surface area contributed by atoms with Crippen molar-refractivity contribution in [2.75, 3.05) is 5.75 Å². The second-order valence-electron chi connectivity index (χ2n) is 6.74. The summed E-state index contributed by atoms with van der Waals surface area (Å²) in [5.41, 5.74) is 5.98. The highest BCUT2D eigenvalue weighted by Crippen LogP contribution is 2.28. The minimum absolute atomic E-state index is 0.133. The van der Waals surface area contributed by atoms with E-state index in [0.29, 0.717) is 16.0 Å². The van der Waals surface area contributed by atoms with Crippen molar-refractivity contribution in [1.29, 1.82) is 0 Å². The highest BCUT2D eigenvalue weighted by molar-refractivity contribution is 7.99. The van der Waals surface area contributed by atoms with Crippen LogP contribution in [0.3, 0.4) is 0 Å². The zero-order valence-electron chi connectivity index (χ0n) is 17.1. The SMILES string of the molecule is C/C(=N\NC(=O)CSc1nnc(-c2ccncc2)n1-c1ccc(Cl)cc1)c1ccccc1. The van der Waals surface area contributed by atoms with E-state index in [-0.39, 0.29) is 11.7 Å². The summed E-state index contributed by atoms with van der Waals surface area (Å²) in [4.78, 5) is 16.5. The van der Waals surface area contributed by atoms with Crippen LogP contribution >= 0.6 is 23.4 Å². The number of aromatic nitrogens is 4. The van der Waals surface area contributed by atoms with Crippen LogP contribution in [0.5, 0.6) is 0 Å². The molecule has 0 unspecified atom stereocenters. The molecule has 0 spiro atoms. The van der Waals surface area contributed by atoms with E-state index in [0.717, 1.165) is 22.5 Å². The number of amides is 1. The molecule has 0 fully saturated rings. The van der Waals surface area contributed by atoms with Gasteiger partial charge < -0.3 is 0 Å². The van der Waals surface area contributed by atoms with Crippen molar-refractivity contribution in [3.05, 3.63) is 89.7 Å². The molecular weight excluding hydrogens is 444 g/mol. The van der Waals surface area contributed by atoms with Crippen molar-refractivity contribution in [2.45, 2.75) is 12.1 Å². The Labute approximate surface area is 194 Å². The molecule has 0 atom stereocenters. The van der Waals surface area contributed by atoms with Gasteiger partial charge in [-0.1, -0.05) is 53.7 Å². The number of benzene rings is 2. The highest BCUT2D eigenvalue weighted by atomic mass is 35.5. The Morgan fingerprint density at radius 3 is 2.47 bits per heavy atom. The molecule has 0 saturated heterocycles. The number of halogens is 1. The molecule has 160 valence electrons. The first-order valence-electron chi connectivity index (χ1n) is 9.75. The van der Waals surface area contributed by atoms with E-state index in [1.807, 2.05) is 66.1 Å². The van der Waals surface area contributed by atoms with Gasteiger partial charge in [0.2, 0.25) is 0 Å². The van der Waals surface area contributed by atoms with Crippen molar-refractivity contribution < 1.29 is 4.79 Å². The Bertz CT molecular complexity index is 1230. The number of rotatable bonds is 7. The highest BCUT2D eigenvalue weighted by Gasteiger charge is 2.17. The van der Waals surface area contributed by atoms with Gasteiger partial charge in [0.05, 0.1) is 11.5 Å². The third-order valence-electron chi connectivity index (χ3n) is 4.53. The van der Waals surface area contributed by atoms with Gasteiger partial charge in [-0.25, -0.2) is 5.43 Å². The minimum atomic E-state index is -0.235. The lowest BCUT2D eigenvalue weighted by atomic mass is 10.1. The quantitative estimate of drug-likeness (QED) is 0.246. The third kappa shape index (κ3) is 5.22. The summed E-state index contributed by atoms with van der Waals surface area (Å²) in [6.45, 7) is 1.85. The normalized spacial score (nSPS) is 11.4. The number of thioether (sulfide) groups is 1. The van der Waals surface area contributed by atoms with Crippen molar-refractivity contribution in [2.24, 2.45) is 5.10 Å². The van der Waals surface area contributed by atoms with Gasteiger partial charge in [0, 0.05) is 28.7 Å². The largest absolute Gasteiger partial charge is 0.272 e. The predicted molar refractivity (Wildman–Crippen MR) is 127 cm³/mol. The molecule has 7 nitrogen and oxygen atoms in total. The third-order valence-corrected chi connectivity index (χ3v) is 5.71. The van der Waals surface area contributed by atoms with Crippen LogP contribution in [0.2, 0.25) is 5.02 Å². The maximum atomic E-state index is 12.4. The second-order valence-corrected chi connectivity index (χ2v) is 8.12. The van der Waals surface area contributed by atoms with Gasteiger partial charge in [0.15, 0.2) is 11.0 Å². The molecule has 32 heavy (non-hydrogen) atoms. The van der Waals surface area contributed by atoms with Crippen LogP contribution in [-0.2, 0) is 4.79 Å². The molecular formula is C23H19ClN6OS. The lowest BCUT2D eigenvalue weighted by Gasteiger charge is -2.10. The van der Waals surface area contributed by atoms with Gasteiger partial charge in [-0.15, -0.1) is 10.2 Å². The average molecular weight is 463 g/mol. The zero-order valence-corrected chi connectivity index (χ0v) is 18.7. The summed E-state index contributed by atoms with van der Waals surface area (Å²) in [6.07, 6.45) is 3.40. The number of hydrogen-bond acceptors (Lipinski definition) is 6. The molecule has 1 amide bonds. The van der Waals surface area contributed by atoms with Crippen molar-refractivity contribution in [3.63, 3.8) is 0 Å². The summed E-state index contributed by atoms with van der Waals surface area (Å²) < 4.78 is 1.89. The predicted octanol–water partition coefficient (Wildman–Crippen LogP) is 4.62. The number of pyridine rings is 1. The number of hydrogen-bond donors (Lipinski definition) is 1. The van der Waals surface area contributed by atoms with Crippen LogP contribution in [0.25, 0.3) is 17.1 Å². The van der Waals surface area contributed by atoms with Gasteiger partial charge >= 0.3 is 0 Å². The summed E-state index contributed by atoms with van der Waals surface area (Å²) in [7, 11) is 0. The number of hydrazone groups is 1. The van der Waals surface area contributed by atoms with E-state index in [1.54, 1.807) is 24.5 Å². The van der Waals surface area contributed by atoms with Gasteiger partial charge in [-0.2, -0.15) is 5.10 Å². The molecule has 0 radical (unpaired) electrons. The Morgan fingerprint density at radius 1 is 1.03 bits per heavy atom. The zero-order chi connectivity index (χ0) is 22.3. The molecule has 1 N–H and O–H groups in total. The van der Waals surface area contributed by atoms with Crippen LogP contribution in [0.1, 0.15) is 12.5 Å². The lowest BCUT2D eigenvalue weighted by Crippen LogP contribution is -2.21. The molecule has 0 aliphatic heterocycles. The first-order chi connectivity index (χ1) is 15.6. The smallest absolute Gasteiger partial charge is 0.250 e. The lowest BCUT2D eigenvalue weighted by molar-refractivity contribution is -0.118. The molecule has 2 heterocycles. The van der Waals surface area contributed by atoms with Crippen molar-refractivity contribution >= 4 is 35.0 Å². The molecule has 4 rings (SSSR count). The Balaban J connectivity index is 1.53. The summed E-state index contributed by atoms with van der Waals surface area (Å²) in [5, 5.41) is 14.1. The molecule has 9 heteroatoms. The number of nitrogens with zero attached hydrogens (tertiary/aromatic N) is 5. The first-order valence-corrected chi connectivity index (χ1v) is 11.1. The number of carbonyl (C=O) groups is 1. The van der Waals surface area contributed by atoms with Crippen LogP contribution in [0.15, 0.2) is 89.4 Å². The van der Waals surface area contributed by atoms with E-state index in [9.17, 15) is 4.79 Å². The first kappa shape index (κ1) is 21.7. The van der Waals surface area contributed by atoms with Gasteiger partial charge in [-0.3, -0.25) is 14.3 Å². The van der Waals surface area contributed by atoms with Gasteiger partial charge in [0.1, 0.15) is 0 Å². The summed E-state index contributed by atoms with van der Waals surface area (Å²) in [6, 6.07) is 20.8. The molecule has 0 aliphatic carbocycles. The molecule has 4 aromatic rings. The van der Waals surface area contributed by atoms with Crippen LogP contribution in [-0.4, -0.2) is 37.1 Å². The van der Waals surface area contributed by atoms with E-state index >= 15 is 0 Å². The Kier molecular flexibility index (Phi) is 6.94. The monoisotopic (exact) mass is 462 g/mol. The number of carbonyl (C=O) groups excluding carboxylic acids is 1. The van der Waals surface area contributed by atoms with Crippen LogP contribution in [0.4, 0.5) is 0 Å². The fourth-order valence-corrected chi connectivity index (χ4v) is 3.80. The Hall–Kier alpha value is -3.49. The van der Waals surface area contributed by atoms with Crippen molar-refractivity contribution in [3.8, 4) is 17.1 Å². The van der Waals surface area contributed by atoms with E-state index in [4.69, 9.17) is 11.6 Å². The van der Waals surface area contributed by atoms with E-state index in [2.05, 4.69) is 25.7 Å². The van der Waals surface area contributed by atoms with Crippen LogP contribution in [0, 0.1) is 0 Å². The Morgan fingerprint density at radius 2 is 1.75 bits per heavy atom. The standard InChI is InChI=1S/C23H19ClN6OS/c1-16(17-5-3-2-4-6-17)26-27-21(31)15-32-23-29-28-22(18-11-13-25-14-12-18)30(23)20-9-7-19(24)8-10-20/h2-14H,15H2,1H3,(H,27,31)/b26-16+. The fourth-order valence-electron chi connectivity index (χ4n) is 2.93. The van der Waals surface area contributed by atoms with Crippen LogP contribution < -0.4 is 5.43 Å². The average Bonchev–Trinajstić information content (AvgIpc) is 3.27. The van der Waals surface area contributed by atoms with Crippen molar-refractivity contribution in [1.82, 2.24) is 25.2 Å². The number of nitrogens with one attached hydrogen (secondary N) is 1. The summed E-state index contributed by atoms with van der Waals surface area (Å²) >= 11 is 7.33. The minimum Gasteiger partial charge on any atom is -0.272 e. The topological polar surface area (TPSA) is 85.1 Å². The van der Waals surface area contributed by atoms with Gasteiger partial charge in [0.25, 0.3) is 5.91 Å². The molecule has 0 saturated carbocycles. The summed E-state index contributed by atoms with van der Waals surface area (Å²) in [5.74, 6) is 0.546. The van der Waals surface area contributed by atoms with E-state index in [1.165, 1.54) is 11.8 Å². The second kappa shape index (κ2) is 10.2.